The van der Waals surface area contributed by atoms with Crippen LogP contribution in [0.15, 0.2) is 24.3 Å². The summed E-state index contributed by atoms with van der Waals surface area (Å²) in [6.45, 7) is 3.79. The van der Waals surface area contributed by atoms with E-state index in [1.54, 1.807) is 6.07 Å². The van der Waals surface area contributed by atoms with Gasteiger partial charge in [0.25, 0.3) is 0 Å². The lowest BCUT2D eigenvalue weighted by molar-refractivity contribution is -0.140. The van der Waals surface area contributed by atoms with E-state index in [4.69, 9.17) is 0 Å². The Kier molecular flexibility index (Phi) is 3.92. The monoisotopic (exact) mass is 206 g/mol. The standard InChI is InChI=1S/C12H14O3/c1-9-5-3-4-6-10(9)11(13)7-8-12(14)15-2/h3-6,13H,1,7-8H2,2H3/b11-10-. The van der Waals surface area contributed by atoms with Gasteiger partial charge in [-0.05, 0) is 5.22 Å². The van der Waals surface area contributed by atoms with Crippen LogP contribution >= 0.6 is 0 Å². The molecular weight excluding hydrogens is 192 g/mol. The van der Waals surface area contributed by atoms with Crippen molar-refractivity contribution in [1.29, 1.82) is 0 Å². The average molecular weight is 206 g/mol. The van der Waals surface area contributed by atoms with Crippen LogP contribution < -0.4 is 10.4 Å². The molecule has 15 heavy (non-hydrogen) atoms. The van der Waals surface area contributed by atoms with Crippen molar-refractivity contribution in [2.24, 2.45) is 0 Å². The first kappa shape index (κ1) is 11.3. The number of carbonyl (C=O) groups is 1. The lowest BCUT2D eigenvalue weighted by atomic mass is 10.2. The second-order valence-corrected chi connectivity index (χ2v) is 3.18. The zero-order valence-electron chi connectivity index (χ0n) is 8.69. The van der Waals surface area contributed by atoms with Gasteiger partial charge in [0.05, 0.1) is 13.5 Å². The van der Waals surface area contributed by atoms with Crippen LogP contribution in [0.1, 0.15) is 12.8 Å². The lowest BCUT2D eigenvalue weighted by Gasteiger charge is -1.99. The van der Waals surface area contributed by atoms with Gasteiger partial charge in [-0.25, -0.2) is 0 Å². The van der Waals surface area contributed by atoms with E-state index < -0.39 is 0 Å². The Labute approximate surface area is 88.3 Å². The molecule has 0 radical (unpaired) electrons. The summed E-state index contributed by atoms with van der Waals surface area (Å²) in [4.78, 5) is 10.9. The van der Waals surface area contributed by atoms with Crippen LogP contribution in [0.4, 0.5) is 0 Å². The molecule has 3 nitrogen and oxygen atoms in total. The molecule has 0 aromatic heterocycles. The Morgan fingerprint density at radius 2 is 2.07 bits per heavy atom. The highest BCUT2D eigenvalue weighted by Gasteiger charge is 2.02. The summed E-state index contributed by atoms with van der Waals surface area (Å²) >= 11 is 0. The van der Waals surface area contributed by atoms with Crippen molar-refractivity contribution >= 4 is 18.3 Å². The molecule has 0 aliphatic heterocycles. The fourth-order valence-electron chi connectivity index (χ4n) is 1.26. The summed E-state index contributed by atoms with van der Waals surface area (Å²) in [5.74, 6) is -0.158. The molecule has 0 fully saturated rings. The van der Waals surface area contributed by atoms with E-state index >= 15 is 0 Å². The van der Waals surface area contributed by atoms with Crippen molar-refractivity contribution in [1.82, 2.24) is 0 Å². The molecule has 0 atom stereocenters. The number of methoxy groups -OCH3 is 1. The minimum absolute atomic E-state index is 0.172. The van der Waals surface area contributed by atoms with Gasteiger partial charge in [0.2, 0.25) is 0 Å². The van der Waals surface area contributed by atoms with Gasteiger partial charge in [-0.1, -0.05) is 30.8 Å². The quantitative estimate of drug-likeness (QED) is 0.741. The van der Waals surface area contributed by atoms with Crippen LogP contribution in [0.5, 0.6) is 0 Å². The number of esters is 1. The zero-order chi connectivity index (χ0) is 11.3. The summed E-state index contributed by atoms with van der Waals surface area (Å²) in [5.41, 5.74) is 0. The number of benzene rings is 1. The first-order valence-electron chi connectivity index (χ1n) is 4.68. The van der Waals surface area contributed by atoms with Gasteiger partial charge in [0, 0.05) is 11.6 Å². The van der Waals surface area contributed by atoms with E-state index in [0.29, 0.717) is 5.22 Å². The van der Waals surface area contributed by atoms with Gasteiger partial charge in [-0.3, -0.25) is 4.79 Å². The van der Waals surface area contributed by atoms with Crippen molar-refractivity contribution in [2.45, 2.75) is 12.8 Å². The molecule has 0 heterocycles. The van der Waals surface area contributed by atoms with E-state index in [-0.39, 0.29) is 24.6 Å². The number of hydrogen-bond donors (Lipinski definition) is 1. The summed E-state index contributed by atoms with van der Waals surface area (Å²) in [5, 5.41) is 11.1. The van der Waals surface area contributed by atoms with E-state index in [0.717, 1.165) is 5.22 Å². The maximum absolute atomic E-state index is 10.9. The Bertz CT molecular complexity index is 448. The second kappa shape index (κ2) is 5.20. The Morgan fingerprint density at radius 3 is 2.67 bits per heavy atom. The highest BCUT2D eigenvalue weighted by Crippen LogP contribution is 2.00. The molecule has 0 bridgehead atoms. The van der Waals surface area contributed by atoms with Crippen molar-refractivity contribution in [3.63, 3.8) is 0 Å². The maximum atomic E-state index is 10.9. The minimum atomic E-state index is -0.330. The summed E-state index contributed by atoms with van der Waals surface area (Å²) in [6, 6.07) is 7.25. The van der Waals surface area contributed by atoms with E-state index in [1.165, 1.54) is 7.11 Å². The minimum Gasteiger partial charge on any atom is -0.512 e. The molecule has 1 rings (SSSR count). The third-order valence-corrected chi connectivity index (χ3v) is 2.12. The van der Waals surface area contributed by atoms with Gasteiger partial charge < -0.3 is 9.84 Å². The van der Waals surface area contributed by atoms with Gasteiger partial charge in [-0.2, -0.15) is 0 Å². The van der Waals surface area contributed by atoms with Crippen LogP contribution in [-0.4, -0.2) is 18.2 Å². The molecule has 1 aromatic carbocycles. The predicted octanol–water partition coefficient (Wildman–Crippen LogP) is 0.716. The number of aliphatic hydroxyl groups excluding tert-OH is 1. The Morgan fingerprint density at radius 1 is 1.40 bits per heavy atom. The molecule has 0 saturated carbocycles. The first-order chi connectivity index (χ1) is 7.15. The highest BCUT2D eigenvalue weighted by atomic mass is 16.5. The van der Waals surface area contributed by atoms with Crippen LogP contribution in [0.25, 0.3) is 12.3 Å². The van der Waals surface area contributed by atoms with Crippen molar-refractivity contribution in [3.8, 4) is 0 Å². The third kappa shape index (κ3) is 3.13. The zero-order valence-corrected chi connectivity index (χ0v) is 8.69. The van der Waals surface area contributed by atoms with Crippen LogP contribution in [0, 0.1) is 0 Å². The van der Waals surface area contributed by atoms with Gasteiger partial charge in [0.15, 0.2) is 0 Å². The molecule has 0 unspecified atom stereocenters. The Balaban J connectivity index is 2.88. The maximum Gasteiger partial charge on any atom is 0.305 e. The molecular formula is C12H14O3. The lowest BCUT2D eigenvalue weighted by Crippen LogP contribution is -2.25. The molecule has 0 spiro atoms. The van der Waals surface area contributed by atoms with E-state index in [9.17, 15) is 9.90 Å². The van der Waals surface area contributed by atoms with Crippen LogP contribution in [0.2, 0.25) is 0 Å². The van der Waals surface area contributed by atoms with Gasteiger partial charge in [-0.15, -0.1) is 0 Å². The smallest absolute Gasteiger partial charge is 0.305 e. The second-order valence-electron chi connectivity index (χ2n) is 3.18. The predicted molar refractivity (Wildman–Crippen MR) is 58.5 cm³/mol. The topological polar surface area (TPSA) is 46.5 Å². The number of ether oxygens (including phenoxy) is 1. The average Bonchev–Trinajstić information content (AvgIpc) is 2.26. The van der Waals surface area contributed by atoms with Crippen molar-refractivity contribution in [3.05, 3.63) is 34.7 Å². The largest absolute Gasteiger partial charge is 0.512 e. The first-order valence-corrected chi connectivity index (χ1v) is 4.68. The van der Waals surface area contributed by atoms with E-state index in [2.05, 4.69) is 11.3 Å². The van der Waals surface area contributed by atoms with Crippen LogP contribution in [0.3, 0.4) is 0 Å². The molecule has 3 heteroatoms. The molecule has 0 aliphatic carbocycles. The van der Waals surface area contributed by atoms with Crippen molar-refractivity contribution < 1.29 is 14.6 Å². The third-order valence-electron chi connectivity index (χ3n) is 2.12. The van der Waals surface area contributed by atoms with Gasteiger partial charge in [0.1, 0.15) is 5.76 Å². The normalized spacial score (nSPS) is 12.1. The molecule has 80 valence electrons. The fraction of sp³-hybridized carbons (Fsp3) is 0.250. The Hall–Kier alpha value is -1.77. The molecule has 0 saturated heterocycles. The molecule has 1 N–H and O–H groups in total. The number of carbonyl (C=O) groups excluding carboxylic acids is 1. The summed E-state index contributed by atoms with van der Waals surface area (Å²) < 4.78 is 4.49. The summed E-state index contributed by atoms with van der Waals surface area (Å²) in [6.07, 6.45) is 0.454. The number of rotatable bonds is 3. The SMILES string of the molecule is C=c1cccc/c1=C(/O)CCC(=O)OC. The highest BCUT2D eigenvalue weighted by molar-refractivity contribution is 5.70. The van der Waals surface area contributed by atoms with Crippen molar-refractivity contribution in [2.75, 3.05) is 7.11 Å². The molecule has 0 amide bonds. The number of aliphatic hydroxyl groups is 1. The number of hydrogen-bond acceptors (Lipinski definition) is 3. The van der Waals surface area contributed by atoms with E-state index in [1.807, 2.05) is 18.2 Å². The summed E-state index contributed by atoms with van der Waals surface area (Å²) in [7, 11) is 1.33. The fourth-order valence-corrected chi connectivity index (χ4v) is 1.26. The van der Waals surface area contributed by atoms with Gasteiger partial charge >= 0.3 is 5.97 Å². The molecule has 1 aromatic rings. The molecule has 0 aliphatic rings. The van der Waals surface area contributed by atoms with Crippen LogP contribution in [-0.2, 0) is 9.53 Å².